The standard InChI is InChI=1S/C25H27F3N4O3/c26-25(27,28)35-22-7-2-1-6-19(22)24(34)32-13-9-17(10-14-32)5-3-4-11-30-23(33)21-15-18-16-29-12-8-20(18)31-21/h1-2,6-8,12,15-17,21H,3-5,9-11,13-14H2,(H,30,33). The number of para-hydroxylation sites is 1. The number of unbranched alkanes of at least 4 members (excludes halogenated alkanes) is 1. The summed E-state index contributed by atoms with van der Waals surface area (Å²) in [6.45, 7) is 1.56. The third kappa shape index (κ3) is 6.58. The number of halogens is 3. The van der Waals surface area contributed by atoms with Gasteiger partial charge in [0.15, 0.2) is 0 Å². The lowest BCUT2D eigenvalue weighted by Crippen LogP contribution is -2.39. The molecule has 10 heteroatoms. The number of alkyl halides is 3. The molecule has 1 atom stereocenters. The van der Waals surface area contributed by atoms with E-state index in [1.54, 1.807) is 29.4 Å². The molecule has 2 amide bonds. The molecule has 0 bridgehead atoms. The zero-order valence-electron chi connectivity index (χ0n) is 19.1. The van der Waals surface area contributed by atoms with Gasteiger partial charge >= 0.3 is 6.36 Å². The average Bonchev–Trinajstić information content (AvgIpc) is 3.28. The number of nitrogens with zero attached hydrogens (tertiary/aromatic N) is 3. The van der Waals surface area contributed by atoms with E-state index in [1.807, 2.05) is 0 Å². The molecule has 2 aromatic rings. The van der Waals surface area contributed by atoms with Crippen LogP contribution in [-0.4, -0.2) is 53.7 Å². The van der Waals surface area contributed by atoms with E-state index in [2.05, 4.69) is 20.0 Å². The number of benzene rings is 1. The Morgan fingerprint density at radius 2 is 1.89 bits per heavy atom. The molecular formula is C25H27F3N4O3. The molecule has 2 aliphatic rings. The van der Waals surface area contributed by atoms with E-state index in [0.717, 1.165) is 48.7 Å². The van der Waals surface area contributed by atoms with Gasteiger partial charge in [0, 0.05) is 37.2 Å². The van der Waals surface area contributed by atoms with Crippen LogP contribution in [0.15, 0.2) is 47.7 Å². The third-order valence-corrected chi connectivity index (χ3v) is 6.30. The fourth-order valence-corrected chi connectivity index (χ4v) is 4.46. The molecule has 1 N–H and O–H groups in total. The van der Waals surface area contributed by atoms with Crippen LogP contribution in [0.4, 0.5) is 13.2 Å². The summed E-state index contributed by atoms with van der Waals surface area (Å²) in [7, 11) is 0. The van der Waals surface area contributed by atoms with Crippen molar-refractivity contribution < 1.29 is 27.5 Å². The predicted octanol–water partition coefficient (Wildman–Crippen LogP) is 2.60. The zero-order valence-corrected chi connectivity index (χ0v) is 19.1. The molecule has 0 aliphatic carbocycles. The van der Waals surface area contributed by atoms with Gasteiger partial charge in [-0.1, -0.05) is 25.0 Å². The second kappa shape index (κ2) is 10.9. The minimum atomic E-state index is -4.85. The second-order valence-electron chi connectivity index (χ2n) is 8.74. The summed E-state index contributed by atoms with van der Waals surface area (Å²) in [4.78, 5) is 35.1. The van der Waals surface area contributed by atoms with E-state index in [0.29, 0.717) is 25.6 Å². The highest BCUT2D eigenvalue weighted by atomic mass is 19.4. The largest absolute Gasteiger partial charge is 0.573 e. The number of likely N-dealkylation sites (tertiary alicyclic amines) is 1. The number of piperidine rings is 1. The molecule has 3 heterocycles. The Bertz CT molecular complexity index is 1140. The lowest BCUT2D eigenvalue weighted by atomic mass is 9.91. The molecule has 7 nitrogen and oxygen atoms in total. The van der Waals surface area contributed by atoms with Crippen molar-refractivity contribution in [2.75, 3.05) is 19.6 Å². The SMILES string of the molecule is O=C(NCCCCC1CCN(C(=O)c2ccccc2OC(F)(F)F)CC1)C1C=c2cnccc2=N1. The van der Waals surface area contributed by atoms with Crippen molar-refractivity contribution >= 4 is 17.9 Å². The van der Waals surface area contributed by atoms with E-state index in [4.69, 9.17) is 0 Å². The minimum Gasteiger partial charge on any atom is -0.405 e. The maximum Gasteiger partial charge on any atom is 0.573 e. The molecule has 1 aromatic carbocycles. The van der Waals surface area contributed by atoms with E-state index in [1.165, 1.54) is 18.2 Å². The van der Waals surface area contributed by atoms with Crippen molar-refractivity contribution in [3.8, 4) is 5.75 Å². The van der Waals surface area contributed by atoms with Gasteiger partial charge in [-0.15, -0.1) is 13.2 Å². The molecule has 1 aromatic heterocycles. The fraction of sp³-hybridized carbons (Fsp3) is 0.440. The van der Waals surface area contributed by atoms with Gasteiger partial charge in [-0.2, -0.15) is 0 Å². The summed E-state index contributed by atoms with van der Waals surface area (Å²) >= 11 is 0. The van der Waals surface area contributed by atoms with Crippen molar-refractivity contribution in [3.05, 3.63) is 58.9 Å². The normalized spacial score (nSPS) is 17.8. The van der Waals surface area contributed by atoms with Gasteiger partial charge in [-0.25, -0.2) is 0 Å². The second-order valence-corrected chi connectivity index (χ2v) is 8.74. The fourth-order valence-electron chi connectivity index (χ4n) is 4.46. The van der Waals surface area contributed by atoms with Gasteiger partial charge in [-0.05, 0) is 49.5 Å². The minimum absolute atomic E-state index is 0.0791. The molecule has 186 valence electrons. The Hall–Kier alpha value is -3.43. The van der Waals surface area contributed by atoms with Crippen molar-refractivity contribution in [2.45, 2.75) is 44.5 Å². The van der Waals surface area contributed by atoms with Crippen LogP contribution in [0.3, 0.4) is 0 Å². The summed E-state index contributed by atoms with van der Waals surface area (Å²) in [6.07, 6.45) is 4.65. The van der Waals surface area contributed by atoms with Crippen LogP contribution in [0.1, 0.15) is 42.5 Å². The van der Waals surface area contributed by atoms with E-state index in [9.17, 15) is 22.8 Å². The lowest BCUT2D eigenvalue weighted by molar-refractivity contribution is -0.274. The van der Waals surface area contributed by atoms with Crippen molar-refractivity contribution in [1.29, 1.82) is 0 Å². The summed E-state index contributed by atoms with van der Waals surface area (Å²) in [5.41, 5.74) is -0.0791. The molecule has 35 heavy (non-hydrogen) atoms. The van der Waals surface area contributed by atoms with Crippen LogP contribution >= 0.6 is 0 Å². The molecule has 4 rings (SSSR count). The first kappa shape index (κ1) is 24.7. The number of hydrogen-bond acceptors (Lipinski definition) is 5. The summed E-state index contributed by atoms with van der Waals surface area (Å²) < 4.78 is 42.0. The average molecular weight is 489 g/mol. The van der Waals surface area contributed by atoms with Crippen LogP contribution in [0, 0.1) is 5.92 Å². The van der Waals surface area contributed by atoms with Gasteiger partial charge < -0.3 is 15.0 Å². The number of amides is 2. The van der Waals surface area contributed by atoms with Gasteiger partial charge in [0.25, 0.3) is 5.91 Å². The maximum atomic E-state index is 12.8. The Morgan fingerprint density at radius 3 is 2.63 bits per heavy atom. The highest BCUT2D eigenvalue weighted by Gasteiger charge is 2.34. The monoisotopic (exact) mass is 488 g/mol. The Balaban J connectivity index is 1.16. The van der Waals surface area contributed by atoms with Gasteiger partial charge in [-0.3, -0.25) is 19.6 Å². The first-order valence-corrected chi connectivity index (χ1v) is 11.7. The smallest absolute Gasteiger partial charge is 0.405 e. The molecule has 2 aliphatic heterocycles. The van der Waals surface area contributed by atoms with Gasteiger partial charge in [0.05, 0.1) is 10.9 Å². The third-order valence-electron chi connectivity index (χ3n) is 6.30. The van der Waals surface area contributed by atoms with Crippen molar-refractivity contribution in [3.63, 3.8) is 0 Å². The number of pyridine rings is 1. The van der Waals surface area contributed by atoms with E-state index < -0.39 is 24.1 Å². The summed E-state index contributed by atoms with van der Waals surface area (Å²) in [5.74, 6) is -0.602. The van der Waals surface area contributed by atoms with Crippen LogP contribution in [-0.2, 0) is 4.79 Å². The quantitative estimate of drug-likeness (QED) is 0.579. The number of fused-ring (bicyclic) bond motifs is 1. The Morgan fingerprint density at radius 1 is 1.11 bits per heavy atom. The summed E-state index contributed by atoms with van der Waals surface area (Å²) in [5, 5.41) is 4.58. The molecule has 1 saturated heterocycles. The molecule has 0 radical (unpaired) electrons. The van der Waals surface area contributed by atoms with E-state index in [-0.39, 0.29) is 11.5 Å². The highest BCUT2D eigenvalue weighted by molar-refractivity contribution is 5.97. The molecule has 1 fully saturated rings. The van der Waals surface area contributed by atoms with Gasteiger partial charge in [0.2, 0.25) is 5.91 Å². The number of nitrogens with one attached hydrogen (secondary N) is 1. The molecular weight excluding hydrogens is 461 g/mol. The number of carbonyl (C=O) groups excluding carboxylic acids is 2. The number of carbonyl (C=O) groups is 2. The number of rotatable bonds is 8. The van der Waals surface area contributed by atoms with Crippen LogP contribution < -0.4 is 20.6 Å². The Kier molecular flexibility index (Phi) is 7.67. The topological polar surface area (TPSA) is 83.9 Å². The van der Waals surface area contributed by atoms with Crippen LogP contribution in [0.25, 0.3) is 6.08 Å². The van der Waals surface area contributed by atoms with Crippen LogP contribution in [0.5, 0.6) is 5.75 Å². The summed E-state index contributed by atoms with van der Waals surface area (Å²) in [6, 6.07) is 6.72. The first-order chi connectivity index (χ1) is 16.8. The van der Waals surface area contributed by atoms with Crippen LogP contribution in [0.2, 0.25) is 0 Å². The maximum absolute atomic E-state index is 12.8. The van der Waals surface area contributed by atoms with Crippen molar-refractivity contribution in [1.82, 2.24) is 15.2 Å². The Labute approximate surface area is 200 Å². The molecule has 0 saturated carbocycles. The van der Waals surface area contributed by atoms with E-state index >= 15 is 0 Å². The molecule has 1 unspecified atom stereocenters. The number of ether oxygens (including phenoxy) is 1. The number of hydrogen-bond donors (Lipinski definition) is 1. The lowest BCUT2D eigenvalue weighted by Gasteiger charge is -2.32. The zero-order chi connectivity index (χ0) is 24.8. The number of aromatic nitrogens is 1. The highest BCUT2D eigenvalue weighted by Crippen LogP contribution is 2.29. The molecule has 0 spiro atoms. The van der Waals surface area contributed by atoms with Crippen molar-refractivity contribution in [2.24, 2.45) is 10.9 Å². The first-order valence-electron chi connectivity index (χ1n) is 11.7. The van der Waals surface area contributed by atoms with Gasteiger partial charge in [0.1, 0.15) is 11.8 Å². The predicted molar refractivity (Wildman–Crippen MR) is 122 cm³/mol.